The number of amides is 2. The molecule has 2 amide bonds. The largest absolute Gasteiger partial charge is 0.367 e. The van der Waals surface area contributed by atoms with Gasteiger partial charge in [-0.25, -0.2) is 4.79 Å². The van der Waals surface area contributed by atoms with E-state index < -0.39 is 5.60 Å². The van der Waals surface area contributed by atoms with E-state index in [0.29, 0.717) is 18.1 Å². The van der Waals surface area contributed by atoms with Crippen LogP contribution in [0.15, 0.2) is 4.52 Å². The summed E-state index contributed by atoms with van der Waals surface area (Å²) < 4.78 is 11.0. The zero-order valence-electron chi connectivity index (χ0n) is 14.2. The minimum atomic E-state index is -0.398. The number of hydrogen-bond acceptors (Lipinski definition) is 5. The molecule has 1 aromatic rings. The molecule has 0 saturated carbocycles. The Morgan fingerprint density at radius 1 is 1.41 bits per heavy atom. The predicted octanol–water partition coefficient (Wildman–Crippen LogP) is 2.47. The lowest BCUT2D eigenvalue weighted by Crippen LogP contribution is -2.50. The van der Waals surface area contributed by atoms with Crippen molar-refractivity contribution in [1.82, 2.24) is 20.8 Å². The second kappa shape index (κ2) is 5.87. The number of aromatic nitrogens is 2. The van der Waals surface area contributed by atoms with Crippen molar-refractivity contribution in [2.75, 3.05) is 0 Å². The van der Waals surface area contributed by atoms with E-state index in [1.165, 1.54) is 0 Å². The second-order valence-corrected chi connectivity index (χ2v) is 6.97. The van der Waals surface area contributed by atoms with E-state index in [0.717, 1.165) is 6.42 Å². The van der Waals surface area contributed by atoms with Gasteiger partial charge in [0.25, 0.3) is 0 Å². The third-order valence-electron chi connectivity index (χ3n) is 3.95. The maximum absolute atomic E-state index is 12.3. The van der Waals surface area contributed by atoms with Crippen molar-refractivity contribution in [3.63, 3.8) is 0 Å². The third-order valence-corrected chi connectivity index (χ3v) is 3.95. The van der Waals surface area contributed by atoms with Crippen LogP contribution < -0.4 is 10.6 Å². The SMILES string of the molecule is CC[C@@H](NC(=O)N[C@H]1CC(C)(C)OC1(C)C)c1noc(C)n1. The monoisotopic (exact) mass is 310 g/mol. The fourth-order valence-corrected chi connectivity index (χ4v) is 2.95. The number of carbonyl (C=O) groups excluding carboxylic acids is 1. The van der Waals surface area contributed by atoms with E-state index in [-0.39, 0.29) is 23.7 Å². The topological polar surface area (TPSA) is 89.3 Å². The molecule has 124 valence electrons. The first-order valence-corrected chi connectivity index (χ1v) is 7.70. The zero-order chi connectivity index (χ0) is 16.5. The van der Waals surface area contributed by atoms with Crippen LogP contribution in [-0.4, -0.2) is 33.4 Å². The number of nitrogens with zero attached hydrogens (tertiary/aromatic N) is 2. The Morgan fingerprint density at radius 3 is 2.55 bits per heavy atom. The summed E-state index contributed by atoms with van der Waals surface area (Å²) in [6.07, 6.45) is 1.45. The highest BCUT2D eigenvalue weighted by atomic mass is 16.5. The number of rotatable bonds is 4. The Kier molecular flexibility index (Phi) is 4.47. The van der Waals surface area contributed by atoms with E-state index >= 15 is 0 Å². The van der Waals surface area contributed by atoms with Gasteiger partial charge < -0.3 is 19.9 Å². The molecule has 0 unspecified atom stereocenters. The van der Waals surface area contributed by atoms with Crippen LogP contribution in [0.1, 0.15) is 65.2 Å². The van der Waals surface area contributed by atoms with Gasteiger partial charge in [0.15, 0.2) is 5.82 Å². The molecule has 1 saturated heterocycles. The van der Waals surface area contributed by atoms with Gasteiger partial charge in [-0.1, -0.05) is 12.1 Å². The van der Waals surface area contributed by atoms with Crippen molar-refractivity contribution in [3.8, 4) is 0 Å². The molecule has 7 nitrogen and oxygen atoms in total. The summed E-state index contributed by atoms with van der Waals surface area (Å²) in [6, 6.07) is -0.559. The summed E-state index contributed by atoms with van der Waals surface area (Å²) in [4.78, 5) is 16.5. The molecule has 1 aromatic heterocycles. The number of hydrogen-bond donors (Lipinski definition) is 2. The molecule has 1 aliphatic heterocycles. The predicted molar refractivity (Wildman–Crippen MR) is 81.4 cm³/mol. The average molecular weight is 310 g/mol. The number of ether oxygens (including phenoxy) is 1. The first-order valence-electron chi connectivity index (χ1n) is 7.70. The normalized spacial score (nSPS) is 24.0. The van der Waals surface area contributed by atoms with Gasteiger partial charge in [-0.05, 0) is 40.5 Å². The standard InChI is InChI=1S/C15H26N4O3/c1-7-10(12-16-9(2)21-19-12)17-13(20)18-11-8-14(3,4)22-15(11,5)6/h10-11H,7-8H2,1-6H3,(H2,17,18,20)/t10-,11+/m1/s1. The fourth-order valence-electron chi connectivity index (χ4n) is 2.95. The Balaban J connectivity index is 1.97. The van der Waals surface area contributed by atoms with E-state index in [9.17, 15) is 4.79 Å². The van der Waals surface area contributed by atoms with Gasteiger partial charge in [-0.3, -0.25) is 0 Å². The molecule has 2 rings (SSSR count). The van der Waals surface area contributed by atoms with E-state index in [4.69, 9.17) is 9.26 Å². The lowest BCUT2D eigenvalue weighted by Gasteiger charge is -2.28. The van der Waals surface area contributed by atoms with Crippen LogP contribution in [0.5, 0.6) is 0 Å². The summed E-state index contributed by atoms with van der Waals surface area (Å²) in [5, 5.41) is 9.77. The number of carbonyl (C=O) groups is 1. The third kappa shape index (κ3) is 3.76. The van der Waals surface area contributed by atoms with Crippen molar-refractivity contribution in [1.29, 1.82) is 0 Å². The zero-order valence-corrected chi connectivity index (χ0v) is 14.2. The minimum Gasteiger partial charge on any atom is -0.367 e. The molecular weight excluding hydrogens is 284 g/mol. The summed E-state index contributed by atoms with van der Waals surface area (Å²) in [5.74, 6) is 0.986. The van der Waals surface area contributed by atoms with Crippen molar-refractivity contribution < 1.29 is 14.1 Å². The first-order chi connectivity index (χ1) is 10.1. The summed E-state index contributed by atoms with van der Waals surface area (Å²) in [5.41, 5.74) is -0.637. The van der Waals surface area contributed by atoms with Gasteiger partial charge >= 0.3 is 6.03 Å². The summed E-state index contributed by atoms with van der Waals surface area (Å²) in [7, 11) is 0. The molecule has 0 bridgehead atoms. The van der Waals surface area contributed by atoms with Gasteiger partial charge in [-0.2, -0.15) is 4.98 Å². The van der Waals surface area contributed by atoms with Crippen LogP contribution in [0.3, 0.4) is 0 Å². The maximum Gasteiger partial charge on any atom is 0.315 e. The highest BCUT2D eigenvalue weighted by molar-refractivity contribution is 5.74. The second-order valence-electron chi connectivity index (χ2n) is 6.97. The highest BCUT2D eigenvalue weighted by Gasteiger charge is 2.46. The molecule has 22 heavy (non-hydrogen) atoms. The Hall–Kier alpha value is -1.63. The molecule has 2 heterocycles. The molecule has 0 aliphatic carbocycles. The molecule has 2 N–H and O–H groups in total. The van der Waals surface area contributed by atoms with Crippen LogP contribution in [-0.2, 0) is 4.74 Å². The van der Waals surface area contributed by atoms with Crippen molar-refractivity contribution >= 4 is 6.03 Å². The Bertz CT molecular complexity index is 539. The average Bonchev–Trinajstić information content (AvgIpc) is 2.87. The van der Waals surface area contributed by atoms with Crippen molar-refractivity contribution in [2.24, 2.45) is 0 Å². The van der Waals surface area contributed by atoms with Gasteiger partial charge in [0, 0.05) is 6.92 Å². The fraction of sp³-hybridized carbons (Fsp3) is 0.800. The lowest BCUT2D eigenvalue weighted by atomic mass is 9.94. The molecule has 0 radical (unpaired) electrons. The maximum atomic E-state index is 12.3. The van der Waals surface area contributed by atoms with Crippen molar-refractivity contribution in [3.05, 3.63) is 11.7 Å². The van der Waals surface area contributed by atoms with Crippen LogP contribution in [0, 0.1) is 6.92 Å². The molecular formula is C15H26N4O3. The number of nitrogens with one attached hydrogen (secondary N) is 2. The van der Waals surface area contributed by atoms with Gasteiger partial charge in [0.05, 0.1) is 23.3 Å². The van der Waals surface area contributed by atoms with E-state index in [1.54, 1.807) is 6.92 Å². The molecule has 0 aromatic carbocycles. The Labute approximate surface area is 131 Å². The van der Waals surface area contributed by atoms with Crippen LogP contribution in [0.25, 0.3) is 0 Å². The Morgan fingerprint density at radius 2 is 2.09 bits per heavy atom. The van der Waals surface area contributed by atoms with E-state index in [2.05, 4.69) is 20.8 Å². The van der Waals surface area contributed by atoms with Gasteiger partial charge in [0.1, 0.15) is 0 Å². The highest BCUT2D eigenvalue weighted by Crippen LogP contribution is 2.37. The molecule has 2 atom stereocenters. The van der Waals surface area contributed by atoms with Gasteiger partial charge in [0.2, 0.25) is 5.89 Å². The number of aryl methyl sites for hydroxylation is 1. The molecule has 7 heteroatoms. The molecule has 1 fully saturated rings. The van der Waals surface area contributed by atoms with Crippen LogP contribution in [0.2, 0.25) is 0 Å². The van der Waals surface area contributed by atoms with Gasteiger partial charge in [-0.15, -0.1) is 0 Å². The molecule has 1 aliphatic rings. The van der Waals surface area contributed by atoms with Crippen LogP contribution in [0.4, 0.5) is 4.79 Å². The quantitative estimate of drug-likeness (QED) is 0.891. The summed E-state index contributed by atoms with van der Waals surface area (Å²) >= 11 is 0. The van der Waals surface area contributed by atoms with Crippen molar-refractivity contribution in [2.45, 2.75) is 77.7 Å². The number of urea groups is 1. The summed E-state index contributed by atoms with van der Waals surface area (Å²) in [6.45, 7) is 11.7. The lowest BCUT2D eigenvalue weighted by molar-refractivity contribution is -0.0690. The molecule has 0 spiro atoms. The first kappa shape index (κ1) is 16.7. The van der Waals surface area contributed by atoms with E-state index in [1.807, 2.05) is 34.6 Å². The minimum absolute atomic E-state index is 0.0491. The smallest absolute Gasteiger partial charge is 0.315 e. The van der Waals surface area contributed by atoms with Crippen LogP contribution >= 0.6 is 0 Å².